The highest BCUT2D eigenvalue weighted by molar-refractivity contribution is 9.10. The lowest BCUT2D eigenvalue weighted by atomic mass is 10.0. The molecular weight excluding hydrogens is 412 g/mol. The lowest BCUT2D eigenvalue weighted by Gasteiger charge is -2.29. The van der Waals surface area contributed by atoms with E-state index >= 15 is 0 Å². The van der Waals surface area contributed by atoms with E-state index in [0.29, 0.717) is 12.3 Å². The molecule has 8 heteroatoms. The summed E-state index contributed by atoms with van der Waals surface area (Å²) in [7, 11) is 0. The topological polar surface area (TPSA) is 81.4 Å². The van der Waals surface area contributed by atoms with Gasteiger partial charge in [0.2, 0.25) is 5.82 Å². The van der Waals surface area contributed by atoms with E-state index < -0.39 is 4.92 Å². The van der Waals surface area contributed by atoms with Crippen LogP contribution in [0.1, 0.15) is 12.0 Å². The molecule has 0 fully saturated rings. The number of nitro groups is 1. The molecule has 27 heavy (non-hydrogen) atoms. The van der Waals surface area contributed by atoms with Gasteiger partial charge in [0.1, 0.15) is 12.1 Å². The number of halogens is 1. The van der Waals surface area contributed by atoms with Crippen LogP contribution in [0.3, 0.4) is 0 Å². The molecule has 0 aliphatic carbocycles. The van der Waals surface area contributed by atoms with Gasteiger partial charge in [-0.3, -0.25) is 10.1 Å². The summed E-state index contributed by atoms with van der Waals surface area (Å²) in [6.07, 6.45) is 3.13. The minimum Gasteiger partial charge on any atom is -0.434 e. The van der Waals surface area contributed by atoms with Crippen molar-refractivity contribution in [2.24, 2.45) is 0 Å². The maximum absolute atomic E-state index is 11.9. The molecule has 0 amide bonds. The molecule has 1 aliphatic rings. The average molecular weight is 427 g/mol. The van der Waals surface area contributed by atoms with Crippen LogP contribution in [0.2, 0.25) is 0 Å². The van der Waals surface area contributed by atoms with Gasteiger partial charge >= 0.3 is 11.6 Å². The monoisotopic (exact) mass is 426 g/mol. The third-order valence-electron chi connectivity index (χ3n) is 4.35. The Morgan fingerprint density at radius 2 is 1.89 bits per heavy atom. The summed E-state index contributed by atoms with van der Waals surface area (Å²) in [5, 5.41) is 11.9. The van der Waals surface area contributed by atoms with Gasteiger partial charge in [0.05, 0.1) is 4.92 Å². The van der Waals surface area contributed by atoms with Crippen LogP contribution in [0.25, 0.3) is 0 Å². The zero-order valence-electron chi connectivity index (χ0n) is 14.2. The molecule has 0 radical (unpaired) electrons. The summed E-state index contributed by atoms with van der Waals surface area (Å²) >= 11 is 3.35. The van der Waals surface area contributed by atoms with E-state index in [-0.39, 0.29) is 17.4 Å². The van der Waals surface area contributed by atoms with Crippen LogP contribution in [-0.2, 0) is 6.42 Å². The Morgan fingerprint density at radius 3 is 2.67 bits per heavy atom. The number of benzene rings is 2. The summed E-state index contributed by atoms with van der Waals surface area (Å²) in [5.41, 5.74) is 1.84. The molecule has 0 atom stereocenters. The van der Waals surface area contributed by atoms with Crippen molar-refractivity contribution in [3.05, 3.63) is 75.0 Å². The highest BCUT2D eigenvalue weighted by Gasteiger charge is 2.31. The second-order valence-corrected chi connectivity index (χ2v) is 6.96. The number of fused-ring (bicyclic) bond motifs is 1. The Kier molecular flexibility index (Phi) is 4.72. The fourth-order valence-corrected chi connectivity index (χ4v) is 3.42. The van der Waals surface area contributed by atoms with Crippen LogP contribution in [0.5, 0.6) is 11.6 Å². The molecule has 0 spiro atoms. The van der Waals surface area contributed by atoms with Crippen LogP contribution < -0.4 is 9.64 Å². The van der Waals surface area contributed by atoms with Gasteiger partial charge in [-0.1, -0.05) is 34.1 Å². The highest BCUT2D eigenvalue weighted by atomic mass is 79.9. The van der Waals surface area contributed by atoms with Crippen LogP contribution in [0, 0.1) is 10.1 Å². The van der Waals surface area contributed by atoms with E-state index in [0.717, 1.165) is 28.6 Å². The van der Waals surface area contributed by atoms with Gasteiger partial charge in [0.15, 0.2) is 0 Å². The summed E-state index contributed by atoms with van der Waals surface area (Å²) < 4.78 is 6.59. The smallest absolute Gasteiger partial charge is 0.373 e. The van der Waals surface area contributed by atoms with E-state index in [2.05, 4.69) is 25.9 Å². The first kappa shape index (κ1) is 17.4. The molecule has 4 rings (SSSR count). The average Bonchev–Trinajstić information content (AvgIpc) is 2.69. The lowest BCUT2D eigenvalue weighted by molar-refractivity contribution is -0.385. The quantitative estimate of drug-likeness (QED) is 0.430. The molecule has 0 unspecified atom stereocenters. The molecule has 0 N–H and O–H groups in total. The zero-order valence-corrected chi connectivity index (χ0v) is 15.8. The van der Waals surface area contributed by atoms with E-state index in [1.165, 1.54) is 6.33 Å². The second-order valence-electron chi connectivity index (χ2n) is 6.05. The fraction of sp³-hybridized carbons (Fsp3) is 0.158. The minimum absolute atomic E-state index is 0.0737. The van der Waals surface area contributed by atoms with Gasteiger partial charge in [-0.2, -0.15) is 4.98 Å². The Morgan fingerprint density at radius 1 is 1.11 bits per heavy atom. The Balaban J connectivity index is 1.78. The number of ether oxygens (including phenoxy) is 1. The number of hydrogen-bond acceptors (Lipinski definition) is 6. The molecule has 3 aromatic rings. The maximum atomic E-state index is 11.9. The first-order chi connectivity index (χ1) is 13.1. The Labute approximate surface area is 163 Å². The predicted molar refractivity (Wildman–Crippen MR) is 105 cm³/mol. The highest BCUT2D eigenvalue weighted by Crippen LogP contribution is 2.41. The lowest BCUT2D eigenvalue weighted by Crippen LogP contribution is -2.26. The number of para-hydroxylation sites is 1. The number of anilines is 2. The van der Waals surface area contributed by atoms with Gasteiger partial charge in [-0.25, -0.2) is 4.98 Å². The van der Waals surface area contributed by atoms with Crippen LogP contribution >= 0.6 is 15.9 Å². The number of aromatic nitrogens is 2. The van der Waals surface area contributed by atoms with E-state index in [1.54, 1.807) is 24.3 Å². The van der Waals surface area contributed by atoms with Crippen molar-refractivity contribution in [2.45, 2.75) is 12.8 Å². The van der Waals surface area contributed by atoms with E-state index in [4.69, 9.17) is 4.74 Å². The van der Waals surface area contributed by atoms with Crippen molar-refractivity contribution < 1.29 is 9.66 Å². The maximum Gasteiger partial charge on any atom is 0.373 e. The second kappa shape index (κ2) is 7.32. The Bertz CT molecular complexity index is 994. The zero-order chi connectivity index (χ0) is 18.8. The van der Waals surface area contributed by atoms with E-state index in [1.807, 2.05) is 29.2 Å². The van der Waals surface area contributed by atoms with Gasteiger partial charge in [0.25, 0.3) is 0 Å². The van der Waals surface area contributed by atoms with Gasteiger partial charge in [-0.05, 0) is 48.7 Å². The van der Waals surface area contributed by atoms with Gasteiger partial charge in [0, 0.05) is 16.7 Å². The van der Waals surface area contributed by atoms with Gasteiger partial charge < -0.3 is 9.64 Å². The largest absolute Gasteiger partial charge is 0.434 e. The Hall–Kier alpha value is -3.00. The summed E-state index contributed by atoms with van der Waals surface area (Å²) in [6.45, 7) is 0.645. The van der Waals surface area contributed by atoms with Crippen molar-refractivity contribution in [3.63, 3.8) is 0 Å². The molecule has 2 heterocycles. The van der Waals surface area contributed by atoms with Crippen molar-refractivity contribution >= 4 is 33.1 Å². The fourth-order valence-electron chi connectivity index (χ4n) is 3.15. The van der Waals surface area contributed by atoms with Crippen LogP contribution in [0.15, 0.2) is 59.3 Å². The standard InChI is InChI=1S/C19H15BrN4O3/c20-14-7-9-15(10-8-14)27-19-17(24(25)26)18(21-12-22-19)23-11-3-5-13-4-1-2-6-16(13)23/h1-2,4,6-10,12H,3,5,11H2. The third kappa shape index (κ3) is 3.48. The van der Waals surface area contributed by atoms with Crippen molar-refractivity contribution in [2.75, 3.05) is 11.4 Å². The minimum atomic E-state index is -0.485. The molecule has 7 nitrogen and oxygen atoms in total. The number of aryl methyl sites for hydroxylation is 1. The molecule has 0 saturated heterocycles. The van der Waals surface area contributed by atoms with Crippen molar-refractivity contribution in [1.29, 1.82) is 0 Å². The molecule has 136 valence electrons. The number of rotatable bonds is 4. The molecule has 2 aromatic carbocycles. The molecule has 0 bridgehead atoms. The van der Waals surface area contributed by atoms with Crippen molar-refractivity contribution in [3.8, 4) is 11.6 Å². The van der Waals surface area contributed by atoms with Crippen LogP contribution in [0.4, 0.5) is 17.2 Å². The number of hydrogen-bond donors (Lipinski definition) is 0. The SMILES string of the molecule is O=[N+]([O-])c1c(Oc2ccc(Br)cc2)ncnc1N1CCCc2ccccc21. The summed E-state index contributed by atoms with van der Waals surface area (Å²) in [4.78, 5) is 21.5. The molecule has 0 saturated carbocycles. The van der Waals surface area contributed by atoms with E-state index in [9.17, 15) is 10.1 Å². The number of nitrogens with zero attached hydrogens (tertiary/aromatic N) is 4. The molecule has 1 aromatic heterocycles. The molecular formula is C19H15BrN4O3. The first-order valence-electron chi connectivity index (χ1n) is 8.42. The first-order valence-corrected chi connectivity index (χ1v) is 9.21. The predicted octanol–water partition coefficient (Wildman–Crippen LogP) is 5.02. The third-order valence-corrected chi connectivity index (χ3v) is 4.87. The van der Waals surface area contributed by atoms with Gasteiger partial charge in [-0.15, -0.1) is 0 Å². The normalized spacial score (nSPS) is 13.1. The molecule has 1 aliphatic heterocycles. The van der Waals surface area contributed by atoms with Crippen LogP contribution in [-0.4, -0.2) is 21.4 Å². The summed E-state index contributed by atoms with van der Waals surface area (Å²) in [5.74, 6) is 0.634. The summed E-state index contributed by atoms with van der Waals surface area (Å²) in [6, 6.07) is 14.9. The van der Waals surface area contributed by atoms with Crippen molar-refractivity contribution in [1.82, 2.24) is 9.97 Å².